The smallest absolute Gasteiger partial charge is 0.310 e. The zero-order valence-corrected chi connectivity index (χ0v) is 18.0. The Kier molecular flexibility index (Phi) is 6.29. The van der Waals surface area contributed by atoms with Gasteiger partial charge in [0, 0.05) is 12.1 Å². The molecular weight excluding hydrogens is 353 g/mol. The third kappa shape index (κ3) is 3.86. The molecule has 5 heteroatoms. The zero-order valence-electron chi connectivity index (χ0n) is 18.0. The van der Waals surface area contributed by atoms with Crippen molar-refractivity contribution < 1.29 is 23.7 Å². The summed E-state index contributed by atoms with van der Waals surface area (Å²) in [5.41, 5.74) is 0.536. The van der Waals surface area contributed by atoms with Crippen molar-refractivity contribution >= 4 is 5.78 Å². The van der Waals surface area contributed by atoms with Crippen LogP contribution in [0.5, 0.6) is 0 Å². The largest absolute Gasteiger partial charge is 1.00 e. The predicted molar refractivity (Wildman–Crippen MR) is 107 cm³/mol. The summed E-state index contributed by atoms with van der Waals surface area (Å²) in [6.07, 6.45) is 15.2. The SMILES string of the molecule is C[C@H]1CC[C@H]2[C-](CC[C@@H]3C2CC[C@H]2C3CC[C@@H]2C(=O)Cn2cc(C#N)cn2)C1.[Li+]. The summed E-state index contributed by atoms with van der Waals surface area (Å²) < 4.78 is 1.66. The number of rotatable bonds is 3. The van der Waals surface area contributed by atoms with E-state index < -0.39 is 0 Å². The van der Waals surface area contributed by atoms with Crippen LogP contribution in [-0.2, 0) is 11.3 Å². The fourth-order valence-electron chi connectivity index (χ4n) is 7.60. The topological polar surface area (TPSA) is 58.7 Å². The molecule has 1 aromatic heterocycles. The van der Waals surface area contributed by atoms with Gasteiger partial charge in [0.25, 0.3) is 0 Å². The molecule has 0 amide bonds. The van der Waals surface area contributed by atoms with Gasteiger partial charge in [0.05, 0.1) is 18.3 Å². The van der Waals surface area contributed by atoms with Gasteiger partial charge in [0.1, 0.15) is 6.07 Å². The first-order chi connectivity index (χ1) is 13.6. The van der Waals surface area contributed by atoms with Crippen LogP contribution in [-0.4, -0.2) is 15.6 Å². The molecule has 0 saturated heterocycles. The van der Waals surface area contributed by atoms with Gasteiger partial charge in [-0.25, -0.2) is 0 Å². The number of nitrogens with zero attached hydrogens (tertiary/aromatic N) is 3. The summed E-state index contributed by atoms with van der Waals surface area (Å²) in [6, 6.07) is 2.10. The van der Waals surface area contributed by atoms with E-state index in [9.17, 15) is 4.79 Å². The van der Waals surface area contributed by atoms with Crippen molar-refractivity contribution in [2.75, 3.05) is 0 Å². The van der Waals surface area contributed by atoms with Gasteiger partial charge in [-0.15, -0.1) is 0 Å². The number of carbonyl (C=O) groups is 1. The first-order valence-corrected chi connectivity index (χ1v) is 11.4. The Morgan fingerprint density at radius 2 is 1.90 bits per heavy atom. The minimum atomic E-state index is 0. The molecule has 4 fully saturated rings. The third-order valence-electron chi connectivity index (χ3n) is 8.73. The summed E-state index contributed by atoms with van der Waals surface area (Å²) in [5, 5.41) is 13.2. The van der Waals surface area contributed by atoms with Crippen LogP contribution in [0.15, 0.2) is 12.4 Å². The molecule has 0 bridgehead atoms. The van der Waals surface area contributed by atoms with E-state index in [4.69, 9.17) is 5.26 Å². The second-order valence-electron chi connectivity index (χ2n) is 10.1. The van der Waals surface area contributed by atoms with E-state index in [2.05, 4.69) is 18.1 Å². The van der Waals surface area contributed by atoms with Crippen molar-refractivity contribution in [1.82, 2.24) is 9.78 Å². The molecule has 7 atom stereocenters. The van der Waals surface area contributed by atoms with Gasteiger partial charge < -0.3 is 5.92 Å². The number of carbonyl (C=O) groups excluding carboxylic acids is 1. The van der Waals surface area contributed by atoms with Gasteiger partial charge in [-0.3, -0.25) is 9.48 Å². The van der Waals surface area contributed by atoms with Crippen LogP contribution in [0.2, 0.25) is 0 Å². The zero-order chi connectivity index (χ0) is 19.3. The number of nitriles is 1. The normalized spacial score (nSPS) is 38.8. The fourth-order valence-corrected chi connectivity index (χ4v) is 7.60. The summed E-state index contributed by atoms with van der Waals surface area (Å²) in [4.78, 5) is 13.0. The Morgan fingerprint density at radius 1 is 1.14 bits per heavy atom. The van der Waals surface area contributed by atoms with E-state index in [-0.39, 0.29) is 24.8 Å². The van der Waals surface area contributed by atoms with Gasteiger partial charge in [-0.1, -0.05) is 44.4 Å². The maximum atomic E-state index is 13.0. The molecule has 0 N–H and O–H groups in total. The Morgan fingerprint density at radius 3 is 2.69 bits per heavy atom. The first kappa shape index (κ1) is 21.2. The van der Waals surface area contributed by atoms with E-state index in [0.29, 0.717) is 23.8 Å². The predicted octanol–water partition coefficient (Wildman–Crippen LogP) is 1.80. The maximum absolute atomic E-state index is 13.0. The van der Waals surface area contributed by atoms with Crippen molar-refractivity contribution in [2.45, 2.75) is 71.3 Å². The van der Waals surface area contributed by atoms with Gasteiger partial charge in [0.2, 0.25) is 0 Å². The first-order valence-electron chi connectivity index (χ1n) is 11.4. The van der Waals surface area contributed by atoms with Gasteiger partial charge in [-0.05, 0) is 37.0 Å². The molecule has 0 aromatic carbocycles. The number of hydrogen-bond donors (Lipinski definition) is 0. The number of aromatic nitrogens is 2. The van der Waals surface area contributed by atoms with Crippen LogP contribution in [0, 0.1) is 58.7 Å². The van der Waals surface area contributed by atoms with Crippen LogP contribution in [0.3, 0.4) is 0 Å². The molecule has 0 spiro atoms. The van der Waals surface area contributed by atoms with E-state index in [0.717, 1.165) is 36.0 Å². The molecule has 4 aliphatic carbocycles. The van der Waals surface area contributed by atoms with E-state index in [1.54, 1.807) is 17.1 Å². The molecule has 29 heavy (non-hydrogen) atoms. The third-order valence-corrected chi connectivity index (χ3v) is 8.73. The van der Waals surface area contributed by atoms with Crippen molar-refractivity contribution in [3.63, 3.8) is 0 Å². The minimum Gasteiger partial charge on any atom is -0.310 e. The molecule has 0 radical (unpaired) electrons. The van der Waals surface area contributed by atoms with E-state index in [1.165, 1.54) is 51.4 Å². The van der Waals surface area contributed by atoms with Crippen LogP contribution < -0.4 is 18.9 Å². The summed E-state index contributed by atoms with van der Waals surface area (Å²) in [7, 11) is 0. The van der Waals surface area contributed by atoms with E-state index >= 15 is 0 Å². The Labute approximate surface area is 187 Å². The fraction of sp³-hybridized carbons (Fsp3) is 0.750. The summed E-state index contributed by atoms with van der Waals surface area (Å²) in [5.74, 6) is 7.42. The Hall–Kier alpha value is -1.03. The van der Waals surface area contributed by atoms with Crippen molar-refractivity contribution in [1.29, 1.82) is 5.26 Å². The molecular formula is C24H32LiN3O. The summed E-state index contributed by atoms with van der Waals surface area (Å²) in [6.45, 7) is 2.76. The van der Waals surface area contributed by atoms with Crippen LogP contribution in [0.4, 0.5) is 0 Å². The van der Waals surface area contributed by atoms with Crippen molar-refractivity contribution in [2.24, 2.45) is 41.4 Å². The Balaban J connectivity index is 0.00000205. The quantitative estimate of drug-likeness (QED) is 0.589. The average molecular weight is 385 g/mol. The number of ketones is 1. The van der Waals surface area contributed by atoms with Gasteiger partial charge in [0.15, 0.2) is 5.78 Å². The van der Waals surface area contributed by atoms with Crippen LogP contribution in [0.25, 0.3) is 0 Å². The van der Waals surface area contributed by atoms with E-state index in [1.807, 2.05) is 5.92 Å². The number of fused-ring (bicyclic) bond motifs is 5. The molecule has 4 nitrogen and oxygen atoms in total. The molecule has 2 unspecified atom stereocenters. The maximum Gasteiger partial charge on any atom is 1.00 e. The minimum absolute atomic E-state index is 0. The van der Waals surface area contributed by atoms with Crippen molar-refractivity contribution in [3.05, 3.63) is 23.9 Å². The van der Waals surface area contributed by atoms with Gasteiger partial charge in [-0.2, -0.15) is 29.1 Å². The Bertz CT molecular complexity index is 783. The molecule has 150 valence electrons. The van der Waals surface area contributed by atoms with Gasteiger partial charge >= 0.3 is 18.9 Å². The van der Waals surface area contributed by atoms with Crippen LogP contribution >= 0.6 is 0 Å². The molecule has 1 aromatic rings. The van der Waals surface area contributed by atoms with Crippen molar-refractivity contribution in [3.8, 4) is 6.07 Å². The molecule has 5 rings (SSSR count). The standard InChI is InChI=1S/C24H32N3O.Li/c1-15-2-4-18-17(10-15)3-5-20-19(18)6-7-22-21(20)8-9-23(22)24(28)14-27-13-16(11-25)12-26-27;/h12-13,15,18-23H,2-10,14H2,1H3;/q-1;+1/t15-,18-,19?,20+,21?,22-,23-;/m0./s1. The second kappa shape index (κ2) is 8.61. The molecule has 4 saturated carbocycles. The summed E-state index contributed by atoms with van der Waals surface area (Å²) >= 11 is 0. The van der Waals surface area contributed by atoms with Crippen LogP contribution in [0.1, 0.15) is 70.3 Å². The monoisotopic (exact) mass is 385 g/mol. The number of hydrogen-bond acceptors (Lipinski definition) is 3. The molecule has 4 aliphatic rings. The molecule has 0 aliphatic heterocycles. The second-order valence-corrected chi connectivity index (χ2v) is 10.1. The average Bonchev–Trinajstić information content (AvgIpc) is 3.33. The number of Topliss-reactive ketones (excluding diaryl/α,β-unsaturated/α-hetero) is 1. The molecule has 1 heterocycles.